The molecule has 1 heterocycles. The van der Waals surface area contributed by atoms with E-state index in [0.29, 0.717) is 18.0 Å². The summed E-state index contributed by atoms with van der Waals surface area (Å²) in [7, 11) is 0. The topological polar surface area (TPSA) is 44.4 Å². The standard InChI is InChI=1S/C27H49N3OS/c1-21(24-10-3-2-4-11-24)28-27(31)29-25-12-14-26(15-13-25)32-20-23-9-7-8-22(18-23)19-30-16-5-6-17-30/h21-26H,2-20H2,1H3,(H2,28,29,31). The Morgan fingerprint density at radius 2 is 1.59 bits per heavy atom. The van der Waals surface area contributed by atoms with Crippen LogP contribution in [0, 0.1) is 17.8 Å². The maximum atomic E-state index is 12.5. The van der Waals surface area contributed by atoms with Crippen molar-refractivity contribution in [2.24, 2.45) is 17.8 Å². The number of amides is 2. The number of hydrogen-bond donors (Lipinski definition) is 2. The second kappa shape index (κ2) is 12.9. The molecule has 4 fully saturated rings. The molecule has 0 bridgehead atoms. The summed E-state index contributed by atoms with van der Waals surface area (Å²) in [5.74, 6) is 3.96. The second-order valence-electron chi connectivity index (χ2n) is 11.5. The molecule has 2 N–H and O–H groups in total. The molecule has 0 radical (unpaired) electrons. The van der Waals surface area contributed by atoms with Crippen molar-refractivity contribution in [2.75, 3.05) is 25.4 Å². The van der Waals surface area contributed by atoms with E-state index >= 15 is 0 Å². The van der Waals surface area contributed by atoms with Gasteiger partial charge in [-0.1, -0.05) is 25.7 Å². The molecule has 2 amide bonds. The highest BCUT2D eigenvalue weighted by Gasteiger charge is 2.28. The van der Waals surface area contributed by atoms with Gasteiger partial charge in [0.05, 0.1) is 0 Å². The highest BCUT2D eigenvalue weighted by molar-refractivity contribution is 7.99. The summed E-state index contributed by atoms with van der Waals surface area (Å²) < 4.78 is 0. The van der Waals surface area contributed by atoms with Gasteiger partial charge in [0.15, 0.2) is 0 Å². The first-order valence-electron chi connectivity index (χ1n) is 14.1. The minimum Gasteiger partial charge on any atom is -0.335 e. The van der Waals surface area contributed by atoms with Gasteiger partial charge in [-0.2, -0.15) is 11.8 Å². The van der Waals surface area contributed by atoms with Gasteiger partial charge in [0.25, 0.3) is 0 Å². The number of likely N-dealkylation sites (tertiary alicyclic amines) is 1. The quantitative estimate of drug-likeness (QED) is 0.450. The average molecular weight is 464 g/mol. The predicted octanol–water partition coefficient (Wildman–Crippen LogP) is 6.20. The van der Waals surface area contributed by atoms with Gasteiger partial charge < -0.3 is 15.5 Å². The van der Waals surface area contributed by atoms with Crippen LogP contribution in [-0.4, -0.2) is 53.7 Å². The lowest BCUT2D eigenvalue weighted by Crippen LogP contribution is -2.48. The summed E-state index contributed by atoms with van der Waals surface area (Å²) in [5, 5.41) is 7.35. The van der Waals surface area contributed by atoms with Gasteiger partial charge in [-0.25, -0.2) is 4.79 Å². The highest BCUT2D eigenvalue weighted by Crippen LogP contribution is 2.36. The van der Waals surface area contributed by atoms with Crippen LogP contribution >= 0.6 is 11.8 Å². The van der Waals surface area contributed by atoms with Crippen molar-refractivity contribution in [1.82, 2.24) is 15.5 Å². The summed E-state index contributed by atoms with van der Waals surface area (Å²) in [6.45, 7) is 6.28. The third-order valence-corrected chi connectivity index (χ3v) is 10.5. The van der Waals surface area contributed by atoms with E-state index in [9.17, 15) is 4.79 Å². The minimum absolute atomic E-state index is 0.0745. The van der Waals surface area contributed by atoms with Gasteiger partial charge in [0.1, 0.15) is 0 Å². The molecule has 0 aromatic rings. The number of nitrogens with one attached hydrogen (secondary N) is 2. The fourth-order valence-corrected chi connectivity index (χ4v) is 8.33. The maximum Gasteiger partial charge on any atom is 0.315 e. The molecule has 32 heavy (non-hydrogen) atoms. The zero-order valence-corrected chi connectivity index (χ0v) is 21.5. The fraction of sp³-hybridized carbons (Fsp3) is 0.963. The van der Waals surface area contributed by atoms with Gasteiger partial charge in [-0.3, -0.25) is 0 Å². The molecule has 0 aromatic carbocycles. The van der Waals surface area contributed by atoms with Crippen molar-refractivity contribution in [3.8, 4) is 0 Å². The van der Waals surface area contributed by atoms with E-state index < -0.39 is 0 Å². The first kappa shape index (κ1) is 24.7. The van der Waals surface area contributed by atoms with E-state index in [0.717, 1.165) is 29.9 Å². The third kappa shape index (κ3) is 7.82. The smallest absolute Gasteiger partial charge is 0.315 e. The molecule has 3 aliphatic carbocycles. The van der Waals surface area contributed by atoms with Gasteiger partial charge in [-0.15, -0.1) is 0 Å². The van der Waals surface area contributed by atoms with Gasteiger partial charge in [0, 0.05) is 23.9 Å². The summed E-state index contributed by atoms with van der Waals surface area (Å²) in [6.07, 6.45) is 20.2. The second-order valence-corrected chi connectivity index (χ2v) is 12.9. The van der Waals surface area contributed by atoms with E-state index in [1.165, 1.54) is 109 Å². The average Bonchev–Trinajstić information content (AvgIpc) is 3.32. The summed E-state index contributed by atoms with van der Waals surface area (Å²) in [6, 6.07) is 0.766. The minimum atomic E-state index is 0.0745. The summed E-state index contributed by atoms with van der Waals surface area (Å²) in [5.41, 5.74) is 0. The van der Waals surface area contributed by atoms with Crippen molar-refractivity contribution in [2.45, 2.75) is 121 Å². The Morgan fingerprint density at radius 3 is 2.34 bits per heavy atom. The Morgan fingerprint density at radius 1 is 0.875 bits per heavy atom. The lowest BCUT2D eigenvalue weighted by molar-refractivity contribution is 0.205. The van der Waals surface area contributed by atoms with Crippen LogP contribution in [0.3, 0.4) is 0 Å². The molecule has 4 nitrogen and oxygen atoms in total. The van der Waals surface area contributed by atoms with Gasteiger partial charge >= 0.3 is 6.03 Å². The molecule has 4 rings (SSSR count). The summed E-state index contributed by atoms with van der Waals surface area (Å²) >= 11 is 2.26. The number of carbonyl (C=O) groups is 1. The Balaban J connectivity index is 1.08. The molecule has 3 saturated carbocycles. The van der Waals surface area contributed by atoms with Crippen molar-refractivity contribution in [3.05, 3.63) is 0 Å². The maximum absolute atomic E-state index is 12.5. The Labute approximate surface area is 201 Å². The molecule has 5 heteroatoms. The van der Waals surface area contributed by atoms with Crippen LogP contribution in [0.2, 0.25) is 0 Å². The van der Waals surface area contributed by atoms with E-state index in [1.807, 2.05) is 0 Å². The third-order valence-electron chi connectivity index (χ3n) is 8.90. The first-order chi connectivity index (χ1) is 15.7. The van der Waals surface area contributed by atoms with Crippen LogP contribution in [0.15, 0.2) is 0 Å². The molecular weight excluding hydrogens is 414 g/mol. The van der Waals surface area contributed by atoms with Crippen LogP contribution in [-0.2, 0) is 0 Å². The molecule has 3 atom stereocenters. The summed E-state index contributed by atoms with van der Waals surface area (Å²) in [4.78, 5) is 15.2. The lowest BCUT2D eigenvalue weighted by Gasteiger charge is -2.34. The molecule has 1 saturated heterocycles. The number of nitrogens with zero attached hydrogens (tertiary/aromatic N) is 1. The van der Waals surface area contributed by atoms with E-state index in [4.69, 9.17) is 0 Å². The van der Waals surface area contributed by atoms with Crippen molar-refractivity contribution < 1.29 is 4.79 Å². The fourth-order valence-electron chi connectivity index (χ4n) is 6.88. The molecular formula is C27H49N3OS. The van der Waals surface area contributed by atoms with Crippen molar-refractivity contribution >= 4 is 17.8 Å². The lowest BCUT2D eigenvalue weighted by atomic mass is 9.82. The number of carbonyl (C=O) groups excluding carboxylic acids is 1. The zero-order valence-electron chi connectivity index (χ0n) is 20.7. The van der Waals surface area contributed by atoms with Crippen LogP contribution in [0.4, 0.5) is 4.79 Å². The molecule has 184 valence electrons. The molecule has 0 spiro atoms. The van der Waals surface area contributed by atoms with Crippen LogP contribution < -0.4 is 10.6 Å². The number of rotatable bonds is 8. The Kier molecular flexibility index (Phi) is 9.94. The molecule has 3 unspecified atom stereocenters. The highest BCUT2D eigenvalue weighted by atomic mass is 32.2. The zero-order chi connectivity index (χ0) is 22.2. The van der Waals surface area contributed by atoms with E-state index in [2.05, 4.69) is 34.2 Å². The predicted molar refractivity (Wildman–Crippen MR) is 137 cm³/mol. The normalized spacial score (nSPS) is 33.7. The largest absolute Gasteiger partial charge is 0.335 e. The SMILES string of the molecule is CC(NC(=O)NC1CCC(SCC2CCCC(CN3CCCC3)C2)CC1)C1CCCCC1. The van der Waals surface area contributed by atoms with Crippen LogP contribution in [0.25, 0.3) is 0 Å². The number of urea groups is 1. The van der Waals surface area contributed by atoms with Crippen LogP contribution in [0.1, 0.15) is 103 Å². The number of hydrogen-bond acceptors (Lipinski definition) is 3. The van der Waals surface area contributed by atoms with E-state index in [-0.39, 0.29) is 6.03 Å². The first-order valence-corrected chi connectivity index (χ1v) is 15.1. The monoisotopic (exact) mass is 463 g/mol. The molecule has 0 aromatic heterocycles. The Hall–Kier alpha value is -0.420. The van der Waals surface area contributed by atoms with Crippen LogP contribution in [0.5, 0.6) is 0 Å². The van der Waals surface area contributed by atoms with Crippen molar-refractivity contribution in [3.63, 3.8) is 0 Å². The van der Waals surface area contributed by atoms with E-state index in [1.54, 1.807) is 0 Å². The van der Waals surface area contributed by atoms with Crippen molar-refractivity contribution in [1.29, 1.82) is 0 Å². The van der Waals surface area contributed by atoms with Gasteiger partial charge in [-0.05, 0) is 114 Å². The van der Waals surface area contributed by atoms with Gasteiger partial charge in [0.2, 0.25) is 0 Å². The molecule has 1 aliphatic heterocycles. The molecule has 4 aliphatic rings. The number of thioether (sulfide) groups is 1. The Bertz CT molecular complexity index is 553.